The second kappa shape index (κ2) is 9.27. The van der Waals surface area contributed by atoms with Crippen LogP contribution in [0.1, 0.15) is 17.9 Å². The molecule has 0 aliphatic rings. The molecule has 1 aromatic rings. The SMILES string of the molecule is COC(=O)CN/C=C(\C#N)[C@@H](CC#N)c1cc(Cl)cc(Cl)c1Cl. The van der Waals surface area contributed by atoms with Crippen molar-refractivity contribution in [1.29, 1.82) is 10.5 Å². The lowest BCUT2D eigenvalue weighted by atomic mass is 9.89. The number of carbonyl (C=O) groups excluding carboxylic acids is 1. The first-order chi connectivity index (χ1) is 10.9. The molecule has 0 aliphatic heterocycles. The lowest BCUT2D eigenvalue weighted by Crippen LogP contribution is -2.20. The number of hydrogen-bond acceptors (Lipinski definition) is 5. The summed E-state index contributed by atoms with van der Waals surface area (Å²) in [6.45, 7) is -0.106. The van der Waals surface area contributed by atoms with E-state index in [9.17, 15) is 10.1 Å². The van der Waals surface area contributed by atoms with Gasteiger partial charge < -0.3 is 10.1 Å². The fourth-order valence-corrected chi connectivity index (χ4v) is 2.59. The number of rotatable bonds is 6. The van der Waals surface area contributed by atoms with Gasteiger partial charge in [0.15, 0.2) is 0 Å². The van der Waals surface area contributed by atoms with Gasteiger partial charge in [-0.25, -0.2) is 0 Å². The molecule has 0 aromatic heterocycles. The average molecular weight is 373 g/mol. The Morgan fingerprint density at radius 1 is 1.39 bits per heavy atom. The molecule has 0 unspecified atom stereocenters. The number of benzene rings is 1. The molecule has 0 aliphatic carbocycles. The summed E-state index contributed by atoms with van der Waals surface area (Å²) in [6.07, 6.45) is 1.35. The summed E-state index contributed by atoms with van der Waals surface area (Å²) in [7, 11) is 1.26. The Hall–Kier alpha value is -1.92. The van der Waals surface area contributed by atoms with E-state index in [1.54, 1.807) is 6.07 Å². The molecule has 0 bridgehead atoms. The monoisotopic (exact) mass is 371 g/mol. The molecule has 0 fully saturated rings. The normalized spacial score (nSPS) is 12.0. The van der Waals surface area contributed by atoms with Crippen LogP contribution in [0.25, 0.3) is 0 Å². The van der Waals surface area contributed by atoms with Crippen molar-refractivity contribution < 1.29 is 9.53 Å². The summed E-state index contributed by atoms with van der Waals surface area (Å²) in [5, 5.41) is 21.8. The second-order valence-corrected chi connectivity index (χ2v) is 5.60. The largest absolute Gasteiger partial charge is 0.468 e. The number of allylic oxidation sites excluding steroid dienone is 1. The van der Waals surface area contributed by atoms with Crippen molar-refractivity contribution >= 4 is 40.8 Å². The van der Waals surface area contributed by atoms with E-state index in [4.69, 9.17) is 40.1 Å². The summed E-state index contributed by atoms with van der Waals surface area (Å²) in [5.74, 6) is -1.11. The zero-order valence-electron chi connectivity index (χ0n) is 12.1. The van der Waals surface area contributed by atoms with E-state index < -0.39 is 11.9 Å². The van der Waals surface area contributed by atoms with Crippen molar-refractivity contribution in [1.82, 2.24) is 5.32 Å². The van der Waals surface area contributed by atoms with Crippen molar-refractivity contribution in [3.63, 3.8) is 0 Å². The Labute approximate surface area is 149 Å². The van der Waals surface area contributed by atoms with Gasteiger partial charge in [-0.3, -0.25) is 4.79 Å². The van der Waals surface area contributed by atoms with E-state index in [0.29, 0.717) is 10.6 Å². The van der Waals surface area contributed by atoms with Crippen LogP contribution in [0, 0.1) is 22.7 Å². The van der Waals surface area contributed by atoms with Crippen LogP contribution >= 0.6 is 34.8 Å². The molecule has 23 heavy (non-hydrogen) atoms. The van der Waals surface area contributed by atoms with E-state index in [0.717, 1.165) is 0 Å². The first kappa shape index (κ1) is 19.1. The zero-order valence-corrected chi connectivity index (χ0v) is 14.3. The molecular weight excluding hydrogens is 361 g/mol. The van der Waals surface area contributed by atoms with Crippen LogP contribution in [-0.4, -0.2) is 19.6 Å². The number of nitrogens with one attached hydrogen (secondary N) is 1. The van der Waals surface area contributed by atoms with Crippen molar-refractivity contribution in [2.45, 2.75) is 12.3 Å². The maximum absolute atomic E-state index is 11.1. The molecule has 1 rings (SSSR count). The van der Waals surface area contributed by atoms with E-state index in [2.05, 4.69) is 10.1 Å². The number of hydrogen-bond donors (Lipinski definition) is 1. The van der Waals surface area contributed by atoms with Crippen LogP contribution in [0.4, 0.5) is 0 Å². The molecular formula is C15H12Cl3N3O2. The first-order valence-corrected chi connectivity index (χ1v) is 7.49. The van der Waals surface area contributed by atoms with Gasteiger partial charge in [0.25, 0.3) is 0 Å². The van der Waals surface area contributed by atoms with Gasteiger partial charge in [-0.1, -0.05) is 34.8 Å². The lowest BCUT2D eigenvalue weighted by Gasteiger charge is -2.16. The quantitative estimate of drug-likeness (QED) is 0.466. The smallest absolute Gasteiger partial charge is 0.325 e. The fraction of sp³-hybridized carbons (Fsp3) is 0.267. The van der Waals surface area contributed by atoms with Crippen LogP contribution in [0.3, 0.4) is 0 Å². The number of halogens is 3. The number of esters is 1. The molecule has 0 spiro atoms. The van der Waals surface area contributed by atoms with E-state index in [1.165, 1.54) is 19.4 Å². The van der Waals surface area contributed by atoms with Crippen LogP contribution in [-0.2, 0) is 9.53 Å². The molecule has 1 N–H and O–H groups in total. The van der Waals surface area contributed by atoms with Gasteiger partial charge in [-0.2, -0.15) is 10.5 Å². The highest BCUT2D eigenvalue weighted by molar-refractivity contribution is 6.43. The van der Waals surface area contributed by atoms with Crippen molar-refractivity contribution in [2.75, 3.05) is 13.7 Å². The minimum atomic E-state index is -0.626. The van der Waals surface area contributed by atoms with Crippen LogP contribution in [0.2, 0.25) is 15.1 Å². The summed E-state index contributed by atoms with van der Waals surface area (Å²) in [4.78, 5) is 11.1. The van der Waals surface area contributed by atoms with Crippen molar-refractivity contribution in [2.24, 2.45) is 0 Å². The van der Waals surface area contributed by atoms with Gasteiger partial charge in [-0.05, 0) is 17.7 Å². The summed E-state index contributed by atoms with van der Waals surface area (Å²) >= 11 is 18.1. The number of carbonyl (C=O) groups is 1. The molecule has 1 aromatic carbocycles. The zero-order chi connectivity index (χ0) is 17.4. The highest BCUT2D eigenvalue weighted by atomic mass is 35.5. The van der Waals surface area contributed by atoms with Crippen molar-refractivity contribution in [3.8, 4) is 12.1 Å². The Kier molecular flexibility index (Phi) is 7.71. The molecule has 0 amide bonds. The molecule has 0 radical (unpaired) electrons. The van der Waals surface area contributed by atoms with Gasteiger partial charge >= 0.3 is 5.97 Å². The van der Waals surface area contributed by atoms with Crippen LogP contribution in [0.5, 0.6) is 0 Å². The van der Waals surface area contributed by atoms with E-state index >= 15 is 0 Å². The minimum absolute atomic E-state index is 0.00428. The van der Waals surface area contributed by atoms with Gasteiger partial charge in [0.05, 0.1) is 34.9 Å². The highest BCUT2D eigenvalue weighted by Crippen LogP contribution is 2.38. The molecule has 0 saturated carbocycles. The molecule has 1 atom stereocenters. The molecule has 0 heterocycles. The standard InChI is InChI=1S/C15H12Cl3N3O2/c1-23-14(22)8-21-7-9(6-20)11(2-3-19)12-4-10(16)5-13(17)15(12)18/h4-5,7,11,21H,2,8H2,1H3/b9-7+/t11-/m1/s1. The summed E-state index contributed by atoms with van der Waals surface area (Å²) in [5.41, 5.74) is 0.689. The summed E-state index contributed by atoms with van der Waals surface area (Å²) < 4.78 is 4.49. The van der Waals surface area contributed by atoms with Crippen LogP contribution in [0.15, 0.2) is 23.9 Å². The predicted molar refractivity (Wildman–Crippen MR) is 88.2 cm³/mol. The Bertz CT molecular complexity index is 705. The Morgan fingerprint density at radius 3 is 2.65 bits per heavy atom. The van der Waals surface area contributed by atoms with E-state index in [1.807, 2.05) is 12.1 Å². The number of methoxy groups -OCH3 is 1. The fourth-order valence-electron chi connectivity index (χ4n) is 1.84. The third-order valence-electron chi connectivity index (χ3n) is 2.93. The average Bonchev–Trinajstić information content (AvgIpc) is 2.53. The lowest BCUT2D eigenvalue weighted by molar-refractivity contribution is -0.139. The van der Waals surface area contributed by atoms with Gasteiger partial charge in [0.1, 0.15) is 6.54 Å². The van der Waals surface area contributed by atoms with Crippen molar-refractivity contribution in [3.05, 3.63) is 44.5 Å². The second-order valence-electron chi connectivity index (χ2n) is 4.37. The maximum atomic E-state index is 11.1. The predicted octanol–water partition coefficient (Wildman–Crippen LogP) is 3.81. The Balaban J connectivity index is 3.19. The Morgan fingerprint density at radius 2 is 2.09 bits per heavy atom. The number of nitriles is 2. The van der Waals surface area contributed by atoms with Crippen LogP contribution < -0.4 is 5.32 Å². The minimum Gasteiger partial charge on any atom is -0.468 e. The summed E-state index contributed by atoms with van der Waals surface area (Å²) in [6, 6.07) is 7.03. The third-order valence-corrected chi connectivity index (χ3v) is 3.96. The molecule has 0 saturated heterocycles. The highest BCUT2D eigenvalue weighted by Gasteiger charge is 2.22. The molecule has 120 valence electrons. The van der Waals surface area contributed by atoms with E-state index in [-0.39, 0.29) is 28.6 Å². The van der Waals surface area contributed by atoms with Gasteiger partial charge in [0.2, 0.25) is 0 Å². The van der Waals surface area contributed by atoms with Gasteiger partial charge in [0, 0.05) is 23.6 Å². The molecule has 5 nitrogen and oxygen atoms in total. The number of ether oxygens (including phenoxy) is 1. The third kappa shape index (κ3) is 5.33. The van der Waals surface area contributed by atoms with Gasteiger partial charge in [-0.15, -0.1) is 0 Å². The first-order valence-electron chi connectivity index (χ1n) is 6.36. The topological polar surface area (TPSA) is 85.9 Å². The molecule has 8 heteroatoms. The number of nitrogens with zero attached hydrogens (tertiary/aromatic N) is 2. The maximum Gasteiger partial charge on any atom is 0.325 e.